The lowest BCUT2D eigenvalue weighted by Gasteiger charge is -2.14. The number of nitrogens with zero attached hydrogens (tertiary/aromatic N) is 3. The third kappa shape index (κ3) is 5.58. The maximum Gasteiger partial charge on any atom is 0.354 e. The molecule has 36 heavy (non-hydrogen) atoms. The number of ether oxygens (including phenoxy) is 2. The number of anilines is 3. The van der Waals surface area contributed by atoms with Crippen molar-refractivity contribution < 1.29 is 18.7 Å². The Hall–Kier alpha value is -3.69. The Morgan fingerprint density at radius 1 is 1.19 bits per heavy atom. The summed E-state index contributed by atoms with van der Waals surface area (Å²) in [6.07, 6.45) is 2.51. The van der Waals surface area contributed by atoms with Crippen LogP contribution in [0.1, 0.15) is 23.8 Å². The maximum absolute atomic E-state index is 13.5. The second kappa shape index (κ2) is 11.4. The summed E-state index contributed by atoms with van der Waals surface area (Å²) in [7, 11) is 3.49. The Labute approximate surface area is 213 Å². The van der Waals surface area contributed by atoms with Crippen molar-refractivity contribution in [3.05, 3.63) is 65.2 Å². The van der Waals surface area contributed by atoms with Crippen LogP contribution in [0.5, 0.6) is 0 Å². The Morgan fingerprint density at radius 2 is 2.03 bits per heavy atom. The van der Waals surface area contributed by atoms with Gasteiger partial charge in [-0.25, -0.2) is 14.2 Å². The Balaban J connectivity index is 1.68. The summed E-state index contributed by atoms with van der Waals surface area (Å²) in [4.78, 5) is 21.4. The smallest absolute Gasteiger partial charge is 0.354 e. The van der Waals surface area contributed by atoms with Gasteiger partial charge in [0.25, 0.3) is 0 Å². The quantitative estimate of drug-likeness (QED) is 0.205. The Bertz CT molecular complexity index is 1390. The molecule has 0 spiro atoms. The summed E-state index contributed by atoms with van der Waals surface area (Å²) in [6.45, 7) is 3.34. The number of rotatable bonds is 10. The minimum Gasteiger partial charge on any atom is -0.461 e. The fraction of sp³-hybridized carbons (Fsp3) is 0.269. The highest BCUT2D eigenvalue weighted by molar-refractivity contribution is 6.31. The van der Waals surface area contributed by atoms with Crippen LogP contribution in [-0.2, 0) is 16.5 Å². The van der Waals surface area contributed by atoms with Crippen LogP contribution < -0.4 is 10.6 Å². The lowest BCUT2D eigenvalue weighted by molar-refractivity contribution is 0.0516. The number of hydrogen-bond donors (Lipinski definition) is 2. The molecule has 4 rings (SSSR count). The normalized spacial score (nSPS) is 11.0. The molecular formula is C26H27ClFN5O3. The van der Waals surface area contributed by atoms with E-state index in [0.717, 1.165) is 28.5 Å². The summed E-state index contributed by atoms with van der Waals surface area (Å²) < 4.78 is 25.7. The van der Waals surface area contributed by atoms with Crippen LogP contribution in [0.15, 0.2) is 48.7 Å². The molecule has 0 saturated heterocycles. The van der Waals surface area contributed by atoms with Crippen molar-refractivity contribution in [3.63, 3.8) is 0 Å². The predicted octanol–water partition coefficient (Wildman–Crippen LogP) is 5.80. The van der Waals surface area contributed by atoms with Crippen molar-refractivity contribution in [2.45, 2.75) is 13.3 Å². The number of aryl methyl sites for hydroxylation is 1. The van der Waals surface area contributed by atoms with E-state index in [9.17, 15) is 9.18 Å². The zero-order valence-electron chi connectivity index (χ0n) is 20.3. The summed E-state index contributed by atoms with van der Waals surface area (Å²) >= 11 is 5.90. The molecular weight excluding hydrogens is 485 g/mol. The first kappa shape index (κ1) is 25.4. The summed E-state index contributed by atoms with van der Waals surface area (Å²) in [5.74, 6) is 0.0954. The van der Waals surface area contributed by atoms with Gasteiger partial charge in [-0.1, -0.05) is 17.7 Å². The zero-order valence-corrected chi connectivity index (χ0v) is 21.0. The molecule has 8 nitrogen and oxygen atoms in total. The van der Waals surface area contributed by atoms with E-state index in [2.05, 4.69) is 20.6 Å². The molecule has 2 aromatic heterocycles. The van der Waals surface area contributed by atoms with Crippen LogP contribution in [0.25, 0.3) is 22.0 Å². The molecule has 4 aromatic rings. The van der Waals surface area contributed by atoms with E-state index in [0.29, 0.717) is 42.9 Å². The van der Waals surface area contributed by atoms with Crippen molar-refractivity contribution in [1.82, 2.24) is 14.5 Å². The molecule has 0 aliphatic rings. The van der Waals surface area contributed by atoms with Crippen LogP contribution in [0.3, 0.4) is 0 Å². The molecule has 0 aliphatic heterocycles. The van der Waals surface area contributed by atoms with E-state index >= 15 is 0 Å². The van der Waals surface area contributed by atoms with Gasteiger partial charge in [0, 0.05) is 55.7 Å². The van der Waals surface area contributed by atoms with E-state index < -0.39 is 5.82 Å². The first-order valence-corrected chi connectivity index (χ1v) is 11.9. The first-order chi connectivity index (χ1) is 17.4. The van der Waals surface area contributed by atoms with Crippen LogP contribution in [0, 0.1) is 5.82 Å². The molecule has 0 radical (unpaired) electrons. The summed E-state index contributed by atoms with van der Waals surface area (Å²) in [6, 6.07) is 12.0. The minimum atomic E-state index is -0.499. The van der Waals surface area contributed by atoms with Gasteiger partial charge >= 0.3 is 5.97 Å². The van der Waals surface area contributed by atoms with Crippen molar-refractivity contribution in [3.8, 4) is 11.1 Å². The van der Waals surface area contributed by atoms with Gasteiger partial charge in [-0.05, 0) is 55.3 Å². The molecule has 0 bridgehead atoms. The number of carbonyl (C=O) groups excluding carboxylic acids is 1. The SMILES string of the molecule is CCOC(=O)c1cc2cc(-c3cnc(Nc4ccc(F)c(Cl)c4)nc3NCCCOC)ccc2n1C. The van der Waals surface area contributed by atoms with E-state index in [1.807, 2.05) is 35.9 Å². The highest BCUT2D eigenvalue weighted by Gasteiger charge is 2.16. The molecule has 0 fully saturated rings. The maximum atomic E-state index is 13.5. The van der Waals surface area contributed by atoms with Gasteiger partial charge in [0.2, 0.25) is 5.95 Å². The third-order valence-electron chi connectivity index (χ3n) is 5.62. The Morgan fingerprint density at radius 3 is 2.78 bits per heavy atom. The molecule has 188 valence electrons. The van der Waals surface area contributed by atoms with Gasteiger partial charge in [-0.3, -0.25) is 0 Å². The number of fused-ring (bicyclic) bond motifs is 1. The molecule has 2 aromatic carbocycles. The molecule has 10 heteroatoms. The fourth-order valence-electron chi connectivity index (χ4n) is 3.83. The number of esters is 1. The molecule has 0 unspecified atom stereocenters. The van der Waals surface area contributed by atoms with Crippen LogP contribution in [0.4, 0.5) is 21.8 Å². The number of aromatic nitrogens is 3. The topological polar surface area (TPSA) is 90.3 Å². The molecule has 0 atom stereocenters. The number of benzene rings is 2. The lowest BCUT2D eigenvalue weighted by atomic mass is 10.1. The average molecular weight is 512 g/mol. The lowest BCUT2D eigenvalue weighted by Crippen LogP contribution is -2.09. The largest absolute Gasteiger partial charge is 0.461 e. The second-order valence-corrected chi connectivity index (χ2v) is 8.47. The van der Waals surface area contributed by atoms with E-state index in [1.165, 1.54) is 12.1 Å². The summed E-state index contributed by atoms with van der Waals surface area (Å²) in [5.41, 5.74) is 3.63. The van der Waals surface area contributed by atoms with E-state index in [-0.39, 0.29) is 11.0 Å². The van der Waals surface area contributed by atoms with Crippen molar-refractivity contribution in [2.24, 2.45) is 7.05 Å². The molecule has 0 amide bonds. The highest BCUT2D eigenvalue weighted by Crippen LogP contribution is 2.31. The van der Waals surface area contributed by atoms with Crippen LogP contribution >= 0.6 is 11.6 Å². The standard InChI is InChI=1S/C26H27ClFN5O3/c1-4-36-25(34)23-13-17-12-16(6-9-22(17)33(23)2)19-15-30-26(32-24(19)29-10-5-11-35-3)31-18-7-8-21(28)20(27)14-18/h6-9,12-15H,4-5,10-11H2,1-3H3,(H2,29,30,31,32). The minimum absolute atomic E-state index is 0.00730. The zero-order chi connectivity index (χ0) is 25.7. The number of carbonyl (C=O) groups is 1. The monoisotopic (exact) mass is 511 g/mol. The van der Waals surface area contributed by atoms with Crippen molar-refractivity contribution in [1.29, 1.82) is 0 Å². The van der Waals surface area contributed by atoms with Crippen LogP contribution in [0.2, 0.25) is 5.02 Å². The van der Waals surface area contributed by atoms with E-state index in [1.54, 1.807) is 26.3 Å². The first-order valence-electron chi connectivity index (χ1n) is 11.5. The van der Waals surface area contributed by atoms with Gasteiger partial charge in [0.05, 0.1) is 11.6 Å². The van der Waals surface area contributed by atoms with Crippen molar-refractivity contribution in [2.75, 3.05) is 37.5 Å². The third-order valence-corrected chi connectivity index (χ3v) is 5.91. The molecule has 0 aliphatic carbocycles. The van der Waals surface area contributed by atoms with Gasteiger partial charge < -0.3 is 24.7 Å². The highest BCUT2D eigenvalue weighted by atomic mass is 35.5. The average Bonchev–Trinajstić information content (AvgIpc) is 3.20. The van der Waals surface area contributed by atoms with E-state index in [4.69, 9.17) is 21.1 Å². The number of nitrogens with one attached hydrogen (secondary N) is 2. The molecule has 0 saturated carbocycles. The van der Waals surface area contributed by atoms with Crippen LogP contribution in [-0.4, -0.2) is 47.4 Å². The molecule has 2 heterocycles. The molecule has 2 N–H and O–H groups in total. The van der Waals surface area contributed by atoms with Gasteiger partial charge in [-0.15, -0.1) is 0 Å². The van der Waals surface area contributed by atoms with Crippen molar-refractivity contribution >= 4 is 45.9 Å². The van der Waals surface area contributed by atoms with Gasteiger partial charge in [0.15, 0.2) is 0 Å². The number of halogens is 2. The number of hydrogen-bond acceptors (Lipinski definition) is 7. The van der Waals surface area contributed by atoms with Gasteiger partial charge in [0.1, 0.15) is 17.3 Å². The predicted molar refractivity (Wildman–Crippen MR) is 140 cm³/mol. The number of methoxy groups -OCH3 is 1. The second-order valence-electron chi connectivity index (χ2n) is 8.07. The summed E-state index contributed by atoms with van der Waals surface area (Å²) in [5, 5.41) is 7.32. The van der Waals surface area contributed by atoms with Gasteiger partial charge in [-0.2, -0.15) is 4.98 Å². The fourth-order valence-corrected chi connectivity index (χ4v) is 4.01. The Kier molecular flexibility index (Phi) is 8.02.